The van der Waals surface area contributed by atoms with Crippen molar-refractivity contribution in [2.75, 3.05) is 6.61 Å². The first-order chi connectivity index (χ1) is 16.7. The molecule has 35 heavy (non-hydrogen) atoms. The molecule has 0 bridgehead atoms. The van der Waals surface area contributed by atoms with Crippen LogP contribution in [0.3, 0.4) is 0 Å². The summed E-state index contributed by atoms with van der Waals surface area (Å²) < 4.78 is 12.9. The molecule has 1 aliphatic heterocycles. The van der Waals surface area contributed by atoms with Gasteiger partial charge in [-0.25, -0.2) is 14.4 Å². The van der Waals surface area contributed by atoms with Crippen LogP contribution < -0.4 is 11.2 Å². The van der Waals surface area contributed by atoms with E-state index in [0.717, 1.165) is 11.1 Å². The molecule has 2 aromatic carbocycles. The first-order valence-electron chi connectivity index (χ1n) is 11.2. The molecule has 0 aliphatic carbocycles. The Morgan fingerprint density at radius 1 is 0.943 bits per heavy atom. The Balaban J connectivity index is 1.56. The number of H-pyrrole nitrogens is 1. The standard InChI is InChI=1S/C26H26N2O6S/c1-15-8-4-6-10-18(15)24(30)33-14-21-20(34-25(31)19-11-7-5-9-16(19)2)12-22(35-21)28-13-17(3)23(29)27-26(28)32/h4-11,13,20-22H,12,14H2,1-3H3,(H,27,29,32)/t20-,21+,22+/m0/s1. The highest BCUT2D eigenvalue weighted by atomic mass is 32.2. The van der Waals surface area contributed by atoms with Gasteiger partial charge in [0.15, 0.2) is 0 Å². The number of thioether (sulfide) groups is 1. The number of hydrogen-bond acceptors (Lipinski definition) is 7. The minimum atomic E-state index is -0.610. The van der Waals surface area contributed by atoms with Crippen LogP contribution in [0.15, 0.2) is 64.3 Å². The topological polar surface area (TPSA) is 107 Å². The molecule has 0 amide bonds. The van der Waals surface area contributed by atoms with E-state index < -0.39 is 39.9 Å². The molecule has 0 unspecified atom stereocenters. The maximum absolute atomic E-state index is 12.9. The Morgan fingerprint density at radius 2 is 1.54 bits per heavy atom. The van der Waals surface area contributed by atoms with Crippen molar-refractivity contribution in [2.24, 2.45) is 0 Å². The lowest BCUT2D eigenvalue weighted by Crippen LogP contribution is -2.32. The summed E-state index contributed by atoms with van der Waals surface area (Å²) in [7, 11) is 0. The van der Waals surface area contributed by atoms with Crippen LogP contribution in [0.1, 0.15) is 49.2 Å². The third-order valence-corrected chi connectivity index (χ3v) is 7.53. The first kappa shape index (κ1) is 24.5. The molecule has 1 aromatic heterocycles. The van der Waals surface area contributed by atoms with Gasteiger partial charge >= 0.3 is 17.6 Å². The van der Waals surface area contributed by atoms with Crippen LogP contribution in [-0.2, 0) is 9.47 Å². The predicted molar refractivity (Wildman–Crippen MR) is 133 cm³/mol. The van der Waals surface area contributed by atoms with E-state index in [-0.39, 0.29) is 6.61 Å². The molecule has 182 valence electrons. The molecule has 0 spiro atoms. The maximum Gasteiger partial charge on any atom is 0.338 e. The van der Waals surface area contributed by atoms with Crippen LogP contribution in [0.25, 0.3) is 0 Å². The molecule has 1 aliphatic rings. The molecule has 1 N–H and O–H groups in total. The van der Waals surface area contributed by atoms with Gasteiger partial charge in [0.2, 0.25) is 0 Å². The predicted octanol–water partition coefficient (Wildman–Crippen LogP) is 3.55. The fraction of sp³-hybridized carbons (Fsp3) is 0.308. The van der Waals surface area contributed by atoms with Gasteiger partial charge in [0.25, 0.3) is 5.56 Å². The normalized spacial score (nSPS) is 19.3. The van der Waals surface area contributed by atoms with E-state index in [1.807, 2.05) is 38.1 Å². The number of aryl methyl sites for hydroxylation is 3. The van der Waals surface area contributed by atoms with Gasteiger partial charge in [-0.3, -0.25) is 14.3 Å². The highest BCUT2D eigenvalue weighted by Crippen LogP contribution is 2.43. The number of nitrogens with one attached hydrogen (secondary N) is 1. The van der Waals surface area contributed by atoms with Crippen LogP contribution in [0.4, 0.5) is 0 Å². The summed E-state index contributed by atoms with van der Waals surface area (Å²) >= 11 is 1.37. The molecule has 9 heteroatoms. The van der Waals surface area contributed by atoms with Crippen molar-refractivity contribution in [3.05, 3.63) is 103 Å². The highest BCUT2D eigenvalue weighted by Gasteiger charge is 2.40. The van der Waals surface area contributed by atoms with Gasteiger partial charge in [0.05, 0.1) is 21.8 Å². The summed E-state index contributed by atoms with van der Waals surface area (Å²) in [6.45, 7) is 5.27. The molecule has 3 aromatic rings. The summed E-state index contributed by atoms with van der Waals surface area (Å²) in [6.07, 6.45) is 1.21. The zero-order valence-corrected chi connectivity index (χ0v) is 20.5. The molecule has 2 heterocycles. The number of carbonyl (C=O) groups excluding carboxylic acids is 2. The SMILES string of the molecule is Cc1ccccc1C(=O)OC[C@H]1S[C@@H](n2cc(C)c(=O)[nH]c2=O)C[C@@H]1OC(=O)c1ccccc1C. The molecule has 8 nitrogen and oxygen atoms in total. The summed E-state index contributed by atoms with van der Waals surface area (Å²) in [5.41, 5.74) is 1.91. The Kier molecular flexibility index (Phi) is 7.25. The van der Waals surface area contributed by atoms with Gasteiger partial charge < -0.3 is 9.47 Å². The molecule has 3 atom stereocenters. The number of nitrogens with zero attached hydrogens (tertiary/aromatic N) is 1. The summed E-state index contributed by atoms with van der Waals surface area (Å²) in [5.74, 6) is -0.942. The Morgan fingerprint density at radius 3 is 2.17 bits per heavy atom. The van der Waals surface area contributed by atoms with Crippen molar-refractivity contribution >= 4 is 23.7 Å². The van der Waals surface area contributed by atoms with Crippen LogP contribution in [0, 0.1) is 20.8 Å². The quantitative estimate of drug-likeness (QED) is 0.522. The molecule has 0 saturated carbocycles. The van der Waals surface area contributed by atoms with E-state index >= 15 is 0 Å². The molecular weight excluding hydrogens is 468 g/mol. The van der Waals surface area contributed by atoms with E-state index in [1.54, 1.807) is 31.2 Å². The minimum absolute atomic E-state index is 0.00284. The van der Waals surface area contributed by atoms with Crippen molar-refractivity contribution in [3.63, 3.8) is 0 Å². The largest absolute Gasteiger partial charge is 0.461 e. The molecule has 1 saturated heterocycles. The number of carbonyl (C=O) groups is 2. The molecule has 0 radical (unpaired) electrons. The van der Waals surface area contributed by atoms with E-state index in [0.29, 0.717) is 23.1 Å². The van der Waals surface area contributed by atoms with Crippen LogP contribution in [0.5, 0.6) is 0 Å². The maximum atomic E-state index is 12.9. The zero-order valence-electron chi connectivity index (χ0n) is 19.6. The van der Waals surface area contributed by atoms with Gasteiger partial charge in [0, 0.05) is 18.2 Å². The number of esters is 2. The van der Waals surface area contributed by atoms with Crippen molar-refractivity contribution < 1.29 is 19.1 Å². The smallest absolute Gasteiger partial charge is 0.338 e. The number of aromatic amines is 1. The minimum Gasteiger partial charge on any atom is -0.461 e. The average molecular weight is 495 g/mol. The molecule has 1 fully saturated rings. The molecule has 4 rings (SSSR count). The van der Waals surface area contributed by atoms with Crippen molar-refractivity contribution in [3.8, 4) is 0 Å². The monoisotopic (exact) mass is 494 g/mol. The second-order valence-corrected chi connectivity index (χ2v) is 9.94. The lowest BCUT2D eigenvalue weighted by molar-refractivity contribution is 0.0204. The van der Waals surface area contributed by atoms with Gasteiger partial charge in [-0.2, -0.15) is 0 Å². The van der Waals surface area contributed by atoms with Crippen LogP contribution in [0.2, 0.25) is 0 Å². The number of benzene rings is 2. The number of aromatic nitrogens is 2. The number of rotatable bonds is 6. The van der Waals surface area contributed by atoms with Gasteiger partial charge in [-0.1, -0.05) is 36.4 Å². The molecular formula is C26H26N2O6S. The Bertz CT molecular complexity index is 1380. The van der Waals surface area contributed by atoms with Gasteiger partial charge in [0.1, 0.15) is 12.7 Å². The average Bonchev–Trinajstić information content (AvgIpc) is 3.22. The second-order valence-electron chi connectivity index (χ2n) is 8.52. The van der Waals surface area contributed by atoms with Crippen LogP contribution in [-0.4, -0.2) is 39.5 Å². The van der Waals surface area contributed by atoms with E-state index in [4.69, 9.17) is 9.47 Å². The van der Waals surface area contributed by atoms with Gasteiger partial charge in [-0.05, 0) is 44.0 Å². The fourth-order valence-corrected chi connectivity index (χ4v) is 5.47. The van der Waals surface area contributed by atoms with Crippen molar-refractivity contribution in [2.45, 2.75) is 43.9 Å². The highest BCUT2D eigenvalue weighted by molar-refractivity contribution is 8.00. The fourth-order valence-electron chi connectivity index (χ4n) is 3.99. The summed E-state index contributed by atoms with van der Waals surface area (Å²) in [5, 5.41) is -0.810. The third kappa shape index (κ3) is 5.40. The van der Waals surface area contributed by atoms with E-state index in [9.17, 15) is 19.2 Å². The first-order valence-corrected chi connectivity index (χ1v) is 12.2. The Labute approximate surface area is 206 Å². The lowest BCUT2D eigenvalue weighted by Gasteiger charge is -2.19. The lowest BCUT2D eigenvalue weighted by atomic mass is 10.1. The zero-order chi connectivity index (χ0) is 25.1. The van der Waals surface area contributed by atoms with E-state index in [1.165, 1.54) is 22.5 Å². The van der Waals surface area contributed by atoms with Gasteiger partial charge in [-0.15, -0.1) is 11.8 Å². The van der Waals surface area contributed by atoms with Crippen molar-refractivity contribution in [1.29, 1.82) is 0 Å². The van der Waals surface area contributed by atoms with Crippen molar-refractivity contribution in [1.82, 2.24) is 9.55 Å². The third-order valence-electron chi connectivity index (χ3n) is 6.00. The number of ether oxygens (including phenoxy) is 2. The second kappa shape index (κ2) is 10.4. The van der Waals surface area contributed by atoms with Crippen LogP contribution >= 0.6 is 11.8 Å². The summed E-state index contributed by atoms with van der Waals surface area (Å²) in [4.78, 5) is 52.2. The summed E-state index contributed by atoms with van der Waals surface area (Å²) in [6, 6.07) is 14.3. The van der Waals surface area contributed by atoms with E-state index in [2.05, 4.69) is 4.98 Å². The Hall–Kier alpha value is -3.59. The number of hydrogen-bond donors (Lipinski definition) is 1.